The minimum absolute atomic E-state index is 0.150. The number of carbonyl (C=O) groups excluding carboxylic acids is 1. The zero-order valence-corrected chi connectivity index (χ0v) is 14.6. The Balaban J connectivity index is 1.77. The standard InChI is InChI=1S/C18H16FN3O2S/c1-11-5-6-15(19)16(8-11)21-17(23)14-4-3-7-20-18(14)25-10-13-9-12(2)24-22-13/h3-9H,10H2,1-2H3,(H,21,23). The van der Waals surface area contributed by atoms with Crippen LogP contribution in [0.25, 0.3) is 0 Å². The Morgan fingerprint density at radius 2 is 2.12 bits per heavy atom. The second kappa shape index (κ2) is 7.48. The predicted molar refractivity (Wildman–Crippen MR) is 94.1 cm³/mol. The Kier molecular flexibility index (Phi) is 5.14. The van der Waals surface area contributed by atoms with Crippen LogP contribution < -0.4 is 5.32 Å². The minimum Gasteiger partial charge on any atom is -0.361 e. The van der Waals surface area contributed by atoms with Crippen LogP contribution in [0, 0.1) is 19.7 Å². The van der Waals surface area contributed by atoms with Gasteiger partial charge in [0.1, 0.15) is 16.6 Å². The summed E-state index contributed by atoms with van der Waals surface area (Å²) < 4.78 is 18.9. The molecule has 5 nitrogen and oxygen atoms in total. The van der Waals surface area contributed by atoms with Gasteiger partial charge in [0, 0.05) is 18.0 Å². The molecule has 0 unspecified atom stereocenters. The summed E-state index contributed by atoms with van der Waals surface area (Å²) in [5.41, 5.74) is 2.16. The fraction of sp³-hybridized carbons (Fsp3) is 0.167. The summed E-state index contributed by atoms with van der Waals surface area (Å²) in [5, 5.41) is 7.08. The summed E-state index contributed by atoms with van der Waals surface area (Å²) in [6.45, 7) is 3.65. The first-order valence-corrected chi connectivity index (χ1v) is 8.59. The highest BCUT2D eigenvalue weighted by atomic mass is 32.2. The molecule has 0 fully saturated rings. The fourth-order valence-electron chi connectivity index (χ4n) is 2.23. The third-order valence-corrected chi connectivity index (χ3v) is 4.46. The molecule has 1 N–H and O–H groups in total. The molecular weight excluding hydrogens is 341 g/mol. The number of thioether (sulfide) groups is 1. The van der Waals surface area contributed by atoms with Gasteiger partial charge < -0.3 is 9.84 Å². The molecule has 0 radical (unpaired) electrons. The molecule has 3 rings (SSSR count). The molecule has 0 atom stereocenters. The molecule has 3 aromatic rings. The summed E-state index contributed by atoms with van der Waals surface area (Å²) in [7, 11) is 0. The van der Waals surface area contributed by atoms with E-state index in [-0.39, 0.29) is 5.69 Å². The van der Waals surface area contributed by atoms with Crippen LogP contribution in [0.1, 0.15) is 27.4 Å². The molecule has 0 saturated heterocycles. The lowest BCUT2D eigenvalue weighted by atomic mass is 10.2. The summed E-state index contributed by atoms with van der Waals surface area (Å²) in [6.07, 6.45) is 1.61. The predicted octanol–water partition coefficient (Wildman–Crippen LogP) is 4.37. The van der Waals surface area contributed by atoms with Gasteiger partial charge in [-0.2, -0.15) is 0 Å². The maximum Gasteiger partial charge on any atom is 0.258 e. The van der Waals surface area contributed by atoms with Gasteiger partial charge in [-0.3, -0.25) is 4.79 Å². The van der Waals surface area contributed by atoms with Crippen molar-refractivity contribution in [3.05, 3.63) is 71.0 Å². The van der Waals surface area contributed by atoms with E-state index < -0.39 is 11.7 Å². The number of nitrogens with one attached hydrogen (secondary N) is 1. The van der Waals surface area contributed by atoms with Crippen molar-refractivity contribution < 1.29 is 13.7 Å². The number of pyridine rings is 1. The van der Waals surface area contributed by atoms with Crippen molar-refractivity contribution in [2.75, 3.05) is 5.32 Å². The largest absolute Gasteiger partial charge is 0.361 e. The van der Waals surface area contributed by atoms with Gasteiger partial charge in [-0.25, -0.2) is 9.37 Å². The molecule has 2 heterocycles. The van der Waals surface area contributed by atoms with E-state index in [1.54, 1.807) is 30.5 Å². The summed E-state index contributed by atoms with van der Waals surface area (Å²) >= 11 is 1.37. The topological polar surface area (TPSA) is 68.0 Å². The van der Waals surface area contributed by atoms with Gasteiger partial charge in [0.2, 0.25) is 0 Å². The van der Waals surface area contributed by atoms with E-state index in [2.05, 4.69) is 15.5 Å². The number of aromatic nitrogens is 2. The Morgan fingerprint density at radius 3 is 2.88 bits per heavy atom. The number of carbonyl (C=O) groups is 1. The lowest BCUT2D eigenvalue weighted by molar-refractivity contribution is 0.102. The van der Waals surface area contributed by atoms with Crippen LogP contribution in [0.3, 0.4) is 0 Å². The molecular formula is C18H16FN3O2S. The molecule has 25 heavy (non-hydrogen) atoms. The number of aryl methyl sites for hydroxylation is 2. The van der Waals surface area contributed by atoms with Crippen molar-refractivity contribution >= 4 is 23.4 Å². The van der Waals surface area contributed by atoms with Crippen LogP contribution in [0.2, 0.25) is 0 Å². The van der Waals surface area contributed by atoms with Gasteiger partial charge in [-0.1, -0.05) is 23.0 Å². The second-order valence-corrected chi connectivity index (χ2v) is 6.48. The molecule has 0 aliphatic heterocycles. The number of nitrogens with zero attached hydrogens (tertiary/aromatic N) is 2. The number of hydrogen-bond acceptors (Lipinski definition) is 5. The molecule has 7 heteroatoms. The second-order valence-electron chi connectivity index (χ2n) is 5.51. The molecule has 1 amide bonds. The zero-order valence-electron chi connectivity index (χ0n) is 13.7. The van der Waals surface area contributed by atoms with Crippen LogP contribution in [-0.4, -0.2) is 16.0 Å². The van der Waals surface area contributed by atoms with Gasteiger partial charge >= 0.3 is 0 Å². The average Bonchev–Trinajstić information content (AvgIpc) is 3.02. The van der Waals surface area contributed by atoms with Gasteiger partial charge in [0.05, 0.1) is 16.9 Å². The molecule has 1 aromatic carbocycles. The molecule has 2 aromatic heterocycles. The Morgan fingerprint density at radius 1 is 1.28 bits per heavy atom. The number of amides is 1. The van der Waals surface area contributed by atoms with E-state index in [0.717, 1.165) is 17.0 Å². The van der Waals surface area contributed by atoms with Crippen LogP contribution in [-0.2, 0) is 5.75 Å². The van der Waals surface area contributed by atoms with Gasteiger partial charge in [0.25, 0.3) is 5.91 Å². The SMILES string of the molecule is Cc1ccc(F)c(NC(=O)c2cccnc2SCc2cc(C)on2)c1. The normalized spacial score (nSPS) is 10.7. The zero-order chi connectivity index (χ0) is 17.8. The van der Waals surface area contributed by atoms with Crippen LogP contribution in [0.15, 0.2) is 52.1 Å². The first kappa shape index (κ1) is 17.2. The van der Waals surface area contributed by atoms with Crippen molar-refractivity contribution in [1.29, 1.82) is 0 Å². The Hall–Kier alpha value is -2.67. The number of benzene rings is 1. The van der Waals surface area contributed by atoms with E-state index in [4.69, 9.17) is 4.52 Å². The quantitative estimate of drug-likeness (QED) is 0.687. The highest BCUT2D eigenvalue weighted by molar-refractivity contribution is 7.98. The monoisotopic (exact) mass is 357 g/mol. The molecule has 0 aliphatic carbocycles. The molecule has 0 bridgehead atoms. The highest BCUT2D eigenvalue weighted by Crippen LogP contribution is 2.25. The summed E-state index contributed by atoms with van der Waals surface area (Å²) in [5.74, 6) is 0.365. The van der Waals surface area contributed by atoms with Crippen molar-refractivity contribution in [1.82, 2.24) is 10.1 Å². The van der Waals surface area contributed by atoms with E-state index in [9.17, 15) is 9.18 Å². The summed E-state index contributed by atoms with van der Waals surface area (Å²) in [4.78, 5) is 16.8. The van der Waals surface area contributed by atoms with Gasteiger partial charge in [-0.05, 0) is 43.7 Å². The minimum atomic E-state index is -0.477. The molecule has 128 valence electrons. The molecule has 0 aliphatic rings. The fourth-order valence-corrected chi connectivity index (χ4v) is 3.10. The number of anilines is 1. The van der Waals surface area contributed by atoms with Crippen LogP contribution >= 0.6 is 11.8 Å². The lowest BCUT2D eigenvalue weighted by Crippen LogP contribution is -2.14. The van der Waals surface area contributed by atoms with E-state index >= 15 is 0 Å². The van der Waals surface area contributed by atoms with Crippen molar-refractivity contribution in [3.63, 3.8) is 0 Å². The first-order valence-electron chi connectivity index (χ1n) is 7.60. The lowest BCUT2D eigenvalue weighted by Gasteiger charge is -2.10. The number of hydrogen-bond donors (Lipinski definition) is 1. The van der Waals surface area contributed by atoms with E-state index in [0.29, 0.717) is 16.3 Å². The van der Waals surface area contributed by atoms with Crippen molar-refractivity contribution in [2.45, 2.75) is 24.6 Å². The number of rotatable bonds is 5. The van der Waals surface area contributed by atoms with Crippen molar-refractivity contribution in [2.24, 2.45) is 0 Å². The Bertz CT molecular complexity index is 911. The van der Waals surface area contributed by atoms with E-state index in [1.165, 1.54) is 17.8 Å². The number of halogens is 1. The smallest absolute Gasteiger partial charge is 0.258 e. The third-order valence-electron chi connectivity index (χ3n) is 3.42. The Labute approximate surface area is 148 Å². The van der Waals surface area contributed by atoms with Gasteiger partial charge in [0.15, 0.2) is 0 Å². The molecule has 0 spiro atoms. The third kappa shape index (κ3) is 4.24. The average molecular weight is 357 g/mol. The van der Waals surface area contributed by atoms with Crippen LogP contribution in [0.5, 0.6) is 0 Å². The first-order chi connectivity index (χ1) is 12.0. The molecule has 0 saturated carbocycles. The maximum atomic E-state index is 13.9. The highest BCUT2D eigenvalue weighted by Gasteiger charge is 2.15. The summed E-state index contributed by atoms with van der Waals surface area (Å²) in [6, 6.07) is 9.73. The van der Waals surface area contributed by atoms with Crippen LogP contribution in [0.4, 0.5) is 10.1 Å². The van der Waals surface area contributed by atoms with Gasteiger partial charge in [-0.15, -0.1) is 0 Å². The maximum absolute atomic E-state index is 13.9. The van der Waals surface area contributed by atoms with E-state index in [1.807, 2.05) is 19.9 Å². The van der Waals surface area contributed by atoms with Crippen molar-refractivity contribution in [3.8, 4) is 0 Å².